The van der Waals surface area contributed by atoms with E-state index in [-0.39, 0.29) is 18.6 Å². The van der Waals surface area contributed by atoms with Gasteiger partial charge >= 0.3 is 0 Å². The molecule has 0 rings (SSSR count). The zero-order chi connectivity index (χ0) is 11.5. The molecule has 0 saturated heterocycles. The lowest BCUT2D eigenvalue weighted by Gasteiger charge is -2.14. The number of ether oxygens (including phenoxy) is 3. The quantitative estimate of drug-likeness (QED) is 0.455. The summed E-state index contributed by atoms with van der Waals surface area (Å²) in [7, 11) is 3.13. The van der Waals surface area contributed by atoms with E-state index in [1.54, 1.807) is 14.2 Å². The summed E-state index contributed by atoms with van der Waals surface area (Å²) in [5.74, 6) is 0.117. The van der Waals surface area contributed by atoms with Gasteiger partial charge in [-0.05, 0) is 0 Å². The number of carbonyl (C=O) groups is 1. The molecule has 0 aliphatic heterocycles. The van der Waals surface area contributed by atoms with Gasteiger partial charge in [-0.15, -0.1) is 11.6 Å². The normalized spacial score (nSPS) is 12.5. The summed E-state index contributed by atoms with van der Waals surface area (Å²) in [6.45, 7) is 1.29. The summed E-state index contributed by atoms with van der Waals surface area (Å²) >= 11 is 5.62. The number of hydrogen-bond acceptors (Lipinski definition) is 4. The summed E-state index contributed by atoms with van der Waals surface area (Å²) in [6, 6.07) is -0.171. The molecule has 0 aliphatic rings. The first kappa shape index (κ1) is 14.6. The molecule has 0 aromatic rings. The van der Waals surface area contributed by atoms with E-state index in [1.165, 1.54) is 0 Å². The van der Waals surface area contributed by atoms with Crippen LogP contribution in [-0.2, 0) is 19.0 Å². The molecule has 0 fully saturated rings. The molecule has 0 spiro atoms. The number of nitrogens with one attached hydrogen (secondary N) is 1. The Morgan fingerprint density at radius 2 is 2.07 bits per heavy atom. The van der Waals surface area contributed by atoms with Crippen LogP contribution in [0.4, 0.5) is 0 Å². The van der Waals surface area contributed by atoms with Gasteiger partial charge in [0.25, 0.3) is 0 Å². The Kier molecular flexibility index (Phi) is 9.92. The molecular formula is C9H18ClNO4. The highest BCUT2D eigenvalue weighted by atomic mass is 35.5. The average Bonchev–Trinajstić information content (AvgIpc) is 2.24. The number of hydrogen-bond donors (Lipinski definition) is 1. The third kappa shape index (κ3) is 8.62. The first-order chi connectivity index (χ1) is 7.24. The van der Waals surface area contributed by atoms with Crippen molar-refractivity contribution in [2.45, 2.75) is 6.04 Å². The minimum atomic E-state index is -0.200. The molecule has 6 heteroatoms. The Hall–Kier alpha value is -0.360. The van der Waals surface area contributed by atoms with Crippen LogP contribution >= 0.6 is 11.6 Å². The topological polar surface area (TPSA) is 56.8 Å². The van der Waals surface area contributed by atoms with Gasteiger partial charge in [0.15, 0.2) is 0 Å². The van der Waals surface area contributed by atoms with Gasteiger partial charge in [0.1, 0.15) is 6.61 Å². The molecule has 0 aromatic heterocycles. The van der Waals surface area contributed by atoms with Crippen molar-refractivity contribution in [2.75, 3.05) is 46.5 Å². The molecule has 1 N–H and O–H groups in total. The molecule has 0 aromatic carbocycles. The van der Waals surface area contributed by atoms with Crippen LogP contribution < -0.4 is 5.32 Å². The highest BCUT2D eigenvalue weighted by molar-refractivity contribution is 6.18. The predicted molar refractivity (Wildman–Crippen MR) is 57.2 cm³/mol. The molecule has 1 amide bonds. The van der Waals surface area contributed by atoms with Crippen molar-refractivity contribution in [2.24, 2.45) is 0 Å². The third-order valence-corrected chi connectivity index (χ3v) is 1.96. The summed E-state index contributed by atoms with van der Waals surface area (Å²) in [6.07, 6.45) is 0. The van der Waals surface area contributed by atoms with E-state index < -0.39 is 0 Å². The van der Waals surface area contributed by atoms with Crippen LogP contribution in [0, 0.1) is 0 Å². The average molecular weight is 240 g/mol. The first-order valence-electron chi connectivity index (χ1n) is 4.65. The van der Waals surface area contributed by atoms with Crippen molar-refractivity contribution in [3.8, 4) is 0 Å². The number of rotatable bonds is 9. The summed E-state index contributed by atoms with van der Waals surface area (Å²) in [5.41, 5.74) is 0. The lowest BCUT2D eigenvalue weighted by molar-refractivity contribution is -0.127. The van der Waals surface area contributed by atoms with Crippen molar-refractivity contribution >= 4 is 17.5 Å². The lowest BCUT2D eigenvalue weighted by Crippen LogP contribution is -2.41. The van der Waals surface area contributed by atoms with Crippen molar-refractivity contribution in [3.63, 3.8) is 0 Å². The molecule has 1 unspecified atom stereocenters. The number of amides is 1. The van der Waals surface area contributed by atoms with Crippen molar-refractivity contribution in [3.05, 3.63) is 0 Å². The van der Waals surface area contributed by atoms with Crippen LogP contribution in [0.2, 0.25) is 0 Å². The maximum Gasteiger partial charge on any atom is 0.246 e. The number of carbonyl (C=O) groups excluding carboxylic acids is 1. The molecule has 0 saturated carbocycles. The van der Waals surface area contributed by atoms with E-state index in [0.717, 1.165) is 0 Å². The Morgan fingerprint density at radius 3 is 2.60 bits per heavy atom. The maximum absolute atomic E-state index is 11.3. The van der Waals surface area contributed by atoms with Gasteiger partial charge in [-0.2, -0.15) is 0 Å². The molecule has 15 heavy (non-hydrogen) atoms. The second-order valence-corrected chi connectivity index (χ2v) is 3.23. The highest BCUT2D eigenvalue weighted by Gasteiger charge is 2.10. The van der Waals surface area contributed by atoms with Crippen LogP contribution in [0.15, 0.2) is 0 Å². The predicted octanol–water partition coefficient (Wildman–Crippen LogP) is 0.0194. The van der Waals surface area contributed by atoms with E-state index in [2.05, 4.69) is 5.32 Å². The van der Waals surface area contributed by atoms with Crippen LogP contribution in [0.3, 0.4) is 0 Å². The first-order valence-corrected chi connectivity index (χ1v) is 5.19. The molecule has 90 valence electrons. The van der Waals surface area contributed by atoms with E-state index in [9.17, 15) is 4.79 Å². The summed E-state index contributed by atoms with van der Waals surface area (Å²) in [5, 5.41) is 2.68. The molecule has 0 bridgehead atoms. The second-order valence-electron chi connectivity index (χ2n) is 2.92. The van der Waals surface area contributed by atoms with E-state index >= 15 is 0 Å². The van der Waals surface area contributed by atoms with Crippen molar-refractivity contribution in [1.82, 2.24) is 5.32 Å². The molecule has 5 nitrogen and oxygen atoms in total. The second kappa shape index (κ2) is 10.2. The van der Waals surface area contributed by atoms with E-state index in [1.807, 2.05) is 0 Å². The van der Waals surface area contributed by atoms with Gasteiger partial charge in [-0.3, -0.25) is 4.79 Å². The van der Waals surface area contributed by atoms with Crippen LogP contribution in [0.25, 0.3) is 0 Å². The third-order valence-electron chi connectivity index (χ3n) is 1.58. The lowest BCUT2D eigenvalue weighted by atomic mass is 10.3. The largest absolute Gasteiger partial charge is 0.383 e. The Bertz CT molecular complexity index is 168. The van der Waals surface area contributed by atoms with Crippen LogP contribution in [0.5, 0.6) is 0 Å². The smallest absolute Gasteiger partial charge is 0.246 e. The fourth-order valence-electron chi connectivity index (χ4n) is 0.902. The Balaban J connectivity index is 3.52. The monoisotopic (exact) mass is 239 g/mol. The molecular weight excluding hydrogens is 222 g/mol. The van der Waals surface area contributed by atoms with Crippen molar-refractivity contribution in [1.29, 1.82) is 0 Å². The summed E-state index contributed by atoms with van der Waals surface area (Å²) < 4.78 is 14.7. The molecule has 1 atom stereocenters. The van der Waals surface area contributed by atoms with Gasteiger partial charge < -0.3 is 19.5 Å². The summed E-state index contributed by atoms with van der Waals surface area (Å²) in [4.78, 5) is 11.3. The van der Waals surface area contributed by atoms with Crippen LogP contribution in [-0.4, -0.2) is 58.5 Å². The number of halogens is 1. The Labute approximate surface area is 95.0 Å². The van der Waals surface area contributed by atoms with Gasteiger partial charge in [-0.1, -0.05) is 0 Å². The van der Waals surface area contributed by atoms with Gasteiger partial charge in [0.2, 0.25) is 5.91 Å². The van der Waals surface area contributed by atoms with Crippen LogP contribution in [0.1, 0.15) is 0 Å². The standard InChI is InChI=1S/C9H18ClNO4/c1-13-3-4-15-7-9(12)11-8(5-10)6-14-2/h8H,3-7H2,1-2H3,(H,11,12). The Morgan fingerprint density at radius 1 is 1.33 bits per heavy atom. The van der Waals surface area contributed by atoms with E-state index in [4.69, 9.17) is 25.8 Å². The van der Waals surface area contributed by atoms with Gasteiger partial charge in [0.05, 0.1) is 25.9 Å². The maximum atomic E-state index is 11.3. The zero-order valence-corrected chi connectivity index (χ0v) is 9.88. The fourth-order valence-corrected chi connectivity index (χ4v) is 1.07. The zero-order valence-electron chi connectivity index (χ0n) is 9.12. The molecule has 0 aliphatic carbocycles. The fraction of sp³-hybridized carbons (Fsp3) is 0.889. The van der Waals surface area contributed by atoms with Crippen molar-refractivity contribution < 1.29 is 19.0 Å². The number of alkyl halides is 1. The SMILES string of the molecule is COCCOCC(=O)NC(CCl)COC. The van der Waals surface area contributed by atoms with Gasteiger partial charge in [-0.25, -0.2) is 0 Å². The molecule has 0 radical (unpaired) electrons. The minimum Gasteiger partial charge on any atom is -0.383 e. The number of methoxy groups -OCH3 is 2. The minimum absolute atomic E-state index is 0.0143. The highest BCUT2D eigenvalue weighted by Crippen LogP contribution is 1.89. The molecule has 0 heterocycles. The van der Waals surface area contributed by atoms with E-state index in [0.29, 0.717) is 25.7 Å². The van der Waals surface area contributed by atoms with Gasteiger partial charge in [0, 0.05) is 20.1 Å².